The molecular weight excluding hydrogens is 662 g/mol. The van der Waals surface area contributed by atoms with Gasteiger partial charge in [-0.25, -0.2) is 9.59 Å². The second-order valence-electron chi connectivity index (χ2n) is 14.5. The highest BCUT2D eigenvalue weighted by Crippen LogP contribution is 2.35. The molecule has 5 N–H and O–H groups in total. The second-order valence-corrected chi connectivity index (χ2v) is 14.5. The van der Waals surface area contributed by atoms with Crippen LogP contribution in [0.15, 0.2) is 54.6 Å². The molecular formula is C41H57N3O8. The van der Waals surface area contributed by atoms with E-state index in [1.807, 2.05) is 82.3 Å². The molecule has 4 rings (SSSR count). The number of ketones is 2. The van der Waals surface area contributed by atoms with E-state index in [0.29, 0.717) is 38.5 Å². The second kappa shape index (κ2) is 21.1. The highest BCUT2D eigenvalue weighted by Gasteiger charge is 2.36. The Morgan fingerprint density at radius 1 is 0.788 bits per heavy atom. The maximum atomic E-state index is 12.5. The van der Waals surface area contributed by atoms with Crippen LogP contribution in [0.2, 0.25) is 0 Å². The average molecular weight is 720 g/mol. The summed E-state index contributed by atoms with van der Waals surface area (Å²) in [5.74, 6) is -2.26. The Bertz CT molecular complexity index is 1560. The molecule has 6 atom stereocenters. The highest BCUT2D eigenvalue weighted by atomic mass is 16.4. The van der Waals surface area contributed by atoms with Crippen molar-refractivity contribution in [2.75, 3.05) is 0 Å². The number of allylic oxidation sites excluding steroid dienone is 4. The van der Waals surface area contributed by atoms with Gasteiger partial charge in [-0.3, -0.25) is 19.2 Å². The summed E-state index contributed by atoms with van der Waals surface area (Å²) in [6, 6.07) is 7.76. The van der Waals surface area contributed by atoms with Crippen LogP contribution in [0.3, 0.4) is 0 Å². The van der Waals surface area contributed by atoms with Crippen molar-refractivity contribution in [3.05, 3.63) is 60.3 Å². The van der Waals surface area contributed by atoms with Crippen molar-refractivity contribution in [2.24, 2.45) is 29.6 Å². The first-order valence-electron chi connectivity index (χ1n) is 18.8. The van der Waals surface area contributed by atoms with E-state index in [0.717, 1.165) is 35.9 Å². The monoisotopic (exact) mass is 719 g/mol. The lowest BCUT2D eigenvalue weighted by atomic mass is 9.89. The molecule has 2 aromatic rings. The summed E-state index contributed by atoms with van der Waals surface area (Å²) < 4.78 is 0. The van der Waals surface area contributed by atoms with Crippen molar-refractivity contribution in [3.63, 3.8) is 0 Å². The van der Waals surface area contributed by atoms with Crippen LogP contribution in [0.1, 0.15) is 104 Å². The van der Waals surface area contributed by atoms with Crippen LogP contribution in [0.5, 0.6) is 0 Å². The van der Waals surface area contributed by atoms with Gasteiger partial charge in [0.1, 0.15) is 23.7 Å². The van der Waals surface area contributed by atoms with Crippen LogP contribution in [0.4, 0.5) is 0 Å². The zero-order chi connectivity index (χ0) is 38.2. The highest BCUT2D eigenvalue weighted by molar-refractivity contribution is 5.88. The molecule has 2 amide bonds. The minimum atomic E-state index is -1.07. The van der Waals surface area contributed by atoms with Gasteiger partial charge in [0.2, 0.25) is 11.8 Å². The normalized spacial score (nSPS) is 21.4. The molecule has 284 valence electrons. The number of hydrogen-bond donors (Lipinski definition) is 5. The van der Waals surface area contributed by atoms with Gasteiger partial charge in [-0.2, -0.15) is 0 Å². The van der Waals surface area contributed by atoms with Crippen LogP contribution < -0.4 is 10.6 Å². The number of amides is 2. The van der Waals surface area contributed by atoms with E-state index in [9.17, 15) is 39.0 Å². The van der Waals surface area contributed by atoms with Gasteiger partial charge in [0.05, 0.1) is 0 Å². The minimum Gasteiger partial charge on any atom is -0.480 e. The lowest BCUT2D eigenvalue weighted by molar-refractivity contribution is -0.142. The van der Waals surface area contributed by atoms with Gasteiger partial charge in [0.25, 0.3) is 0 Å². The first-order valence-corrected chi connectivity index (χ1v) is 18.8. The number of aromatic amines is 1. The molecule has 4 unspecified atom stereocenters. The molecule has 0 bridgehead atoms. The van der Waals surface area contributed by atoms with Crippen LogP contribution >= 0.6 is 0 Å². The van der Waals surface area contributed by atoms with Crippen molar-refractivity contribution in [1.82, 2.24) is 15.6 Å². The summed E-state index contributed by atoms with van der Waals surface area (Å²) in [5.41, 5.74) is 1.70. The number of carboxylic acids is 2. The summed E-state index contributed by atoms with van der Waals surface area (Å²) in [5, 5.41) is 25.0. The van der Waals surface area contributed by atoms with Gasteiger partial charge in [-0.15, -0.1) is 0 Å². The summed E-state index contributed by atoms with van der Waals surface area (Å²) in [6.07, 6.45) is 14.7. The van der Waals surface area contributed by atoms with Crippen molar-refractivity contribution < 1.29 is 39.0 Å². The zero-order valence-electron chi connectivity index (χ0n) is 31.1. The maximum absolute atomic E-state index is 12.5. The molecule has 2 aliphatic carbocycles. The number of aromatic nitrogens is 1. The molecule has 2 aliphatic rings. The Labute approximate surface area is 307 Å². The summed E-state index contributed by atoms with van der Waals surface area (Å²) in [7, 11) is 0. The number of Topliss-reactive ketones (excluding diaryl/α,β-unsaturated/α-hetero) is 2. The molecule has 0 spiro atoms. The first-order chi connectivity index (χ1) is 24.8. The molecule has 11 heteroatoms. The Balaban J connectivity index is 0.000000289. The van der Waals surface area contributed by atoms with Crippen molar-refractivity contribution in [3.8, 4) is 0 Å². The van der Waals surface area contributed by atoms with Gasteiger partial charge < -0.3 is 25.8 Å². The molecule has 1 heterocycles. The number of benzene rings is 1. The number of carbonyl (C=O) groups excluding carboxylic acids is 4. The number of carboxylic acid groups (broad SMARTS) is 2. The molecule has 1 aromatic carbocycles. The van der Waals surface area contributed by atoms with Gasteiger partial charge in [-0.05, 0) is 80.2 Å². The minimum absolute atomic E-state index is 0.0217. The van der Waals surface area contributed by atoms with E-state index in [-0.39, 0.29) is 72.2 Å². The SMILES string of the molecule is CC/C=C/CC1C(=O)CCC1CC(=O)N[C@H](CC(C)C)C(=O)O.CC/C=C/CC1C(=O)CCC1CC(=O)N[C@H](Cc1cc2ccccc2[nH]1)C(=O)O. The average Bonchev–Trinajstić information content (AvgIpc) is 3.77. The smallest absolute Gasteiger partial charge is 0.326 e. The van der Waals surface area contributed by atoms with E-state index >= 15 is 0 Å². The van der Waals surface area contributed by atoms with Gasteiger partial charge in [0.15, 0.2) is 0 Å². The quantitative estimate of drug-likeness (QED) is 0.107. The van der Waals surface area contributed by atoms with Crippen molar-refractivity contribution in [2.45, 2.75) is 117 Å². The predicted molar refractivity (Wildman–Crippen MR) is 200 cm³/mol. The number of carbonyl (C=O) groups is 6. The van der Waals surface area contributed by atoms with E-state index in [1.165, 1.54) is 0 Å². The number of rotatable bonds is 18. The molecule has 0 saturated heterocycles. The number of hydrogen-bond acceptors (Lipinski definition) is 6. The summed E-state index contributed by atoms with van der Waals surface area (Å²) in [4.78, 5) is 75.0. The maximum Gasteiger partial charge on any atom is 0.326 e. The van der Waals surface area contributed by atoms with Crippen LogP contribution in [-0.4, -0.2) is 62.6 Å². The number of para-hydroxylation sites is 1. The third-order valence-corrected chi connectivity index (χ3v) is 9.95. The lowest BCUT2D eigenvalue weighted by Gasteiger charge is -2.20. The molecule has 0 radical (unpaired) electrons. The van der Waals surface area contributed by atoms with E-state index in [1.54, 1.807) is 0 Å². The number of nitrogens with one attached hydrogen (secondary N) is 3. The van der Waals surface area contributed by atoms with Crippen LogP contribution in [-0.2, 0) is 35.2 Å². The van der Waals surface area contributed by atoms with Crippen molar-refractivity contribution >= 4 is 46.2 Å². The topological polar surface area (TPSA) is 183 Å². The molecule has 52 heavy (non-hydrogen) atoms. The fraction of sp³-hybridized carbons (Fsp3) is 0.561. The fourth-order valence-electron chi connectivity index (χ4n) is 7.25. The Morgan fingerprint density at radius 2 is 1.29 bits per heavy atom. The number of aliphatic carboxylic acids is 2. The van der Waals surface area contributed by atoms with Crippen LogP contribution in [0, 0.1) is 29.6 Å². The van der Waals surface area contributed by atoms with Gasteiger partial charge >= 0.3 is 11.9 Å². The number of H-pyrrole nitrogens is 1. The van der Waals surface area contributed by atoms with E-state index in [4.69, 9.17) is 0 Å². The van der Waals surface area contributed by atoms with Gasteiger partial charge in [0, 0.05) is 55.2 Å². The summed E-state index contributed by atoms with van der Waals surface area (Å²) in [6.45, 7) is 7.93. The molecule has 11 nitrogen and oxygen atoms in total. The first kappa shape index (κ1) is 41.9. The third kappa shape index (κ3) is 13.2. The van der Waals surface area contributed by atoms with E-state index in [2.05, 4.69) is 15.6 Å². The Morgan fingerprint density at radius 3 is 1.75 bits per heavy atom. The zero-order valence-corrected chi connectivity index (χ0v) is 31.1. The molecule has 1 aromatic heterocycles. The lowest BCUT2D eigenvalue weighted by Crippen LogP contribution is -2.43. The van der Waals surface area contributed by atoms with Gasteiger partial charge in [-0.1, -0.05) is 70.2 Å². The molecule has 2 fully saturated rings. The summed E-state index contributed by atoms with van der Waals surface area (Å²) >= 11 is 0. The number of fused-ring (bicyclic) bond motifs is 1. The predicted octanol–water partition coefficient (Wildman–Crippen LogP) is 6.57. The Kier molecular flexibility index (Phi) is 17.0. The largest absolute Gasteiger partial charge is 0.480 e. The third-order valence-electron chi connectivity index (χ3n) is 9.95. The van der Waals surface area contributed by atoms with Crippen LogP contribution in [0.25, 0.3) is 10.9 Å². The molecule has 2 saturated carbocycles. The molecule has 0 aliphatic heterocycles. The fourth-order valence-corrected chi connectivity index (χ4v) is 7.25. The van der Waals surface area contributed by atoms with Crippen molar-refractivity contribution in [1.29, 1.82) is 0 Å². The van der Waals surface area contributed by atoms with E-state index < -0.39 is 24.0 Å². The Hall–Kier alpha value is -4.54. The standard InChI is InChI=1S/C23H28N2O4.C18H29NO4/c1-2-3-4-8-18-15(10-11-21(18)26)13-22(27)25-20(23(28)29)14-17-12-16-7-5-6-9-19(16)24-17;1-4-5-6-7-14-13(8-9-16(14)20)11-17(21)19-15(18(22)23)10-12(2)3/h3-7,9,12,15,18,20,24H,2,8,10-11,13-14H2,1H3,(H,25,27)(H,28,29);5-6,12-15H,4,7-11H2,1-3H3,(H,19,21)(H,22,23)/b4-3+;6-5+/t15?,18?,20-;13?,14?,15-/m11/s1.